The van der Waals surface area contributed by atoms with Gasteiger partial charge >= 0.3 is 5.97 Å². The van der Waals surface area contributed by atoms with Crippen LogP contribution in [0.25, 0.3) is 0 Å². The minimum Gasteiger partial charge on any atom is -0.481 e. The largest absolute Gasteiger partial charge is 0.481 e. The van der Waals surface area contributed by atoms with E-state index in [0.717, 1.165) is 4.90 Å². The molecule has 0 saturated carbocycles. The van der Waals surface area contributed by atoms with Gasteiger partial charge in [-0.3, -0.25) is 19.9 Å². The van der Waals surface area contributed by atoms with Gasteiger partial charge in [0.1, 0.15) is 0 Å². The molecular weight excluding hydrogens is 292 g/mol. The maximum Gasteiger partial charge on any atom is 0.303 e. The Morgan fingerprint density at radius 2 is 2.24 bits per heavy atom. The molecule has 1 aromatic carbocycles. The maximum absolute atomic E-state index is 10.8. The zero-order chi connectivity index (χ0) is 15.8. The van der Waals surface area contributed by atoms with Gasteiger partial charge in [-0.2, -0.15) is 0 Å². The Balaban J connectivity index is 2.84. The smallest absolute Gasteiger partial charge is 0.303 e. The molecule has 6 nitrogen and oxygen atoms in total. The molecule has 0 aromatic heterocycles. The molecule has 7 heteroatoms. The predicted octanol–water partition coefficient (Wildman–Crippen LogP) is 3.38. The molecule has 0 aliphatic carbocycles. The Morgan fingerprint density at radius 3 is 2.81 bits per heavy atom. The summed E-state index contributed by atoms with van der Waals surface area (Å²) in [5.74, 6) is -0.850. The Morgan fingerprint density at radius 1 is 1.52 bits per heavy atom. The van der Waals surface area contributed by atoms with E-state index in [1.807, 2.05) is 13.8 Å². The zero-order valence-corrected chi connectivity index (χ0v) is 12.8. The van der Waals surface area contributed by atoms with E-state index < -0.39 is 10.9 Å². The number of thioether (sulfide) groups is 1. The molecule has 0 fully saturated rings. The molecular formula is C14H18N2O4S. The number of carboxylic acid groups (broad SMARTS) is 1. The molecule has 21 heavy (non-hydrogen) atoms. The average molecular weight is 310 g/mol. The van der Waals surface area contributed by atoms with Gasteiger partial charge in [0, 0.05) is 47.0 Å². The van der Waals surface area contributed by atoms with E-state index in [4.69, 9.17) is 5.11 Å². The van der Waals surface area contributed by atoms with Crippen molar-refractivity contribution in [1.29, 1.82) is 0 Å². The van der Waals surface area contributed by atoms with E-state index in [1.165, 1.54) is 12.1 Å². The van der Waals surface area contributed by atoms with Gasteiger partial charge in [-0.25, -0.2) is 0 Å². The standard InChI is InChI=1S/C14H18N2O4S/c1-10(2)21-13-6-5-12(16(19)20)8-11(13)9-15-7-3-4-14(17)18/h5-6,8-10H,3-4,7H2,1-2H3,(H,17,18). The molecule has 0 aliphatic heterocycles. The first-order valence-electron chi connectivity index (χ1n) is 6.57. The number of aliphatic imine (C=N–C) groups is 1. The molecule has 0 heterocycles. The van der Waals surface area contributed by atoms with Crippen LogP contribution in [0.2, 0.25) is 0 Å². The number of nitrogens with zero attached hydrogens (tertiary/aromatic N) is 2. The Hall–Kier alpha value is -1.89. The van der Waals surface area contributed by atoms with Crippen molar-refractivity contribution < 1.29 is 14.8 Å². The summed E-state index contributed by atoms with van der Waals surface area (Å²) in [7, 11) is 0. The van der Waals surface area contributed by atoms with Crippen LogP contribution >= 0.6 is 11.8 Å². The summed E-state index contributed by atoms with van der Waals surface area (Å²) < 4.78 is 0. The Labute approximate surface area is 127 Å². The number of hydrogen-bond acceptors (Lipinski definition) is 5. The van der Waals surface area contributed by atoms with Gasteiger partial charge in [0.15, 0.2) is 0 Å². The fourth-order valence-electron chi connectivity index (χ4n) is 1.60. The van der Waals surface area contributed by atoms with E-state index in [2.05, 4.69) is 4.99 Å². The van der Waals surface area contributed by atoms with Crippen molar-refractivity contribution in [3.63, 3.8) is 0 Å². The van der Waals surface area contributed by atoms with E-state index in [9.17, 15) is 14.9 Å². The number of aliphatic carboxylic acids is 1. The van der Waals surface area contributed by atoms with Crippen molar-refractivity contribution in [2.75, 3.05) is 6.54 Å². The minimum atomic E-state index is -0.850. The Bertz CT molecular complexity index is 544. The summed E-state index contributed by atoms with van der Waals surface area (Å²) in [6.45, 7) is 4.47. The summed E-state index contributed by atoms with van der Waals surface area (Å²) in [4.78, 5) is 25.9. The highest BCUT2D eigenvalue weighted by molar-refractivity contribution is 8.00. The first kappa shape index (κ1) is 17.2. The van der Waals surface area contributed by atoms with E-state index >= 15 is 0 Å². The highest BCUT2D eigenvalue weighted by Gasteiger charge is 2.11. The number of nitro benzene ring substituents is 1. The third kappa shape index (κ3) is 6.40. The molecule has 0 aliphatic rings. The summed E-state index contributed by atoms with van der Waals surface area (Å²) in [5.41, 5.74) is 0.716. The third-order valence-corrected chi connectivity index (χ3v) is 3.57. The number of hydrogen-bond donors (Lipinski definition) is 1. The molecule has 1 aromatic rings. The summed E-state index contributed by atoms with van der Waals surface area (Å²) in [6.07, 6.45) is 2.10. The van der Waals surface area contributed by atoms with Gasteiger partial charge in [0.05, 0.1) is 4.92 Å². The van der Waals surface area contributed by atoms with Crippen molar-refractivity contribution in [2.24, 2.45) is 4.99 Å². The van der Waals surface area contributed by atoms with Gasteiger partial charge in [-0.15, -0.1) is 11.8 Å². The third-order valence-electron chi connectivity index (χ3n) is 2.48. The fraction of sp³-hybridized carbons (Fsp3) is 0.429. The van der Waals surface area contributed by atoms with E-state index in [1.54, 1.807) is 24.0 Å². The van der Waals surface area contributed by atoms with E-state index in [-0.39, 0.29) is 12.1 Å². The fourth-order valence-corrected chi connectivity index (χ4v) is 2.50. The van der Waals surface area contributed by atoms with Crippen LogP contribution in [0.4, 0.5) is 5.69 Å². The first-order chi connectivity index (χ1) is 9.90. The zero-order valence-electron chi connectivity index (χ0n) is 12.0. The maximum atomic E-state index is 10.8. The second kappa shape index (κ2) is 8.41. The molecule has 0 bridgehead atoms. The van der Waals surface area contributed by atoms with Crippen LogP contribution in [0.5, 0.6) is 0 Å². The number of carbonyl (C=O) groups is 1. The van der Waals surface area contributed by atoms with Crippen molar-refractivity contribution in [3.05, 3.63) is 33.9 Å². The molecule has 1 N–H and O–H groups in total. The van der Waals surface area contributed by atoms with Crippen LogP contribution in [0, 0.1) is 10.1 Å². The number of non-ortho nitro benzene ring substituents is 1. The molecule has 0 unspecified atom stereocenters. The molecule has 0 amide bonds. The normalized spacial score (nSPS) is 11.2. The lowest BCUT2D eigenvalue weighted by Crippen LogP contribution is -1.97. The minimum absolute atomic E-state index is 0.0232. The monoisotopic (exact) mass is 310 g/mol. The number of rotatable bonds is 8. The quantitative estimate of drug-likeness (QED) is 0.261. The number of carboxylic acids is 1. The highest BCUT2D eigenvalue weighted by Crippen LogP contribution is 2.28. The molecule has 0 atom stereocenters. The van der Waals surface area contributed by atoms with Crippen LogP contribution in [0.15, 0.2) is 28.1 Å². The molecule has 114 valence electrons. The van der Waals surface area contributed by atoms with Crippen LogP contribution in [0.3, 0.4) is 0 Å². The van der Waals surface area contributed by atoms with Gasteiger partial charge in [0.2, 0.25) is 0 Å². The molecule has 0 spiro atoms. The topological polar surface area (TPSA) is 92.8 Å². The first-order valence-corrected chi connectivity index (χ1v) is 7.45. The lowest BCUT2D eigenvalue weighted by atomic mass is 10.2. The summed E-state index contributed by atoms with van der Waals surface area (Å²) >= 11 is 1.61. The van der Waals surface area contributed by atoms with Gasteiger partial charge < -0.3 is 5.11 Å². The average Bonchev–Trinajstić information content (AvgIpc) is 2.38. The second-order valence-corrected chi connectivity index (χ2v) is 6.30. The highest BCUT2D eigenvalue weighted by atomic mass is 32.2. The lowest BCUT2D eigenvalue weighted by molar-refractivity contribution is -0.384. The predicted molar refractivity (Wildman–Crippen MR) is 83.4 cm³/mol. The summed E-state index contributed by atoms with van der Waals surface area (Å²) in [5, 5.41) is 19.7. The molecule has 0 radical (unpaired) electrons. The van der Waals surface area contributed by atoms with Gasteiger partial charge in [-0.1, -0.05) is 13.8 Å². The van der Waals surface area contributed by atoms with Crippen molar-refractivity contribution >= 4 is 29.6 Å². The Kier molecular flexibility index (Phi) is 6.87. The van der Waals surface area contributed by atoms with Crippen molar-refractivity contribution in [1.82, 2.24) is 0 Å². The molecule has 0 saturated heterocycles. The summed E-state index contributed by atoms with van der Waals surface area (Å²) in [6, 6.07) is 4.69. The van der Waals surface area contributed by atoms with Gasteiger partial charge in [-0.05, 0) is 12.5 Å². The number of benzene rings is 1. The van der Waals surface area contributed by atoms with Gasteiger partial charge in [0.25, 0.3) is 5.69 Å². The number of nitro groups is 1. The molecule has 1 rings (SSSR count). The van der Waals surface area contributed by atoms with E-state index in [0.29, 0.717) is 23.8 Å². The van der Waals surface area contributed by atoms with Crippen LogP contribution in [-0.2, 0) is 4.79 Å². The van der Waals surface area contributed by atoms with Crippen LogP contribution < -0.4 is 0 Å². The van der Waals surface area contributed by atoms with Crippen LogP contribution in [0.1, 0.15) is 32.3 Å². The van der Waals surface area contributed by atoms with Crippen LogP contribution in [-0.4, -0.2) is 34.0 Å². The SMILES string of the molecule is CC(C)Sc1ccc([N+](=O)[O-])cc1C=NCCCC(=O)O. The van der Waals surface area contributed by atoms with Crippen molar-refractivity contribution in [2.45, 2.75) is 36.8 Å². The second-order valence-electron chi connectivity index (χ2n) is 4.68. The lowest BCUT2D eigenvalue weighted by Gasteiger charge is -2.08. The van der Waals surface area contributed by atoms with Crippen molar-refractivity contribution in [3.8, 4) is 0 Å².